The third-order valence-electron chi connectivity index (χ3n) is 2.85. The molecule has 19 heavy (non-hydrogen) atoms. The maximum absolute atomic E-state index is 12.2. The highest BCUT2D eigenvalue weighted by Gasteiger charge is 2.27. The van der Waals surface area contributed by atoms with Crippen LogP contribution < -0.4 is 5.32 Å². The Morgan fingerprint density at radius 3 is 2.58 bits per heavy atom. The highest BCUT2D eigenvalue weighted by atomic mass is 35.5. The molecule has 1 amide bonds. The molecule has 1 aromatic carbocycles. The third-order valence-corrected chi connectivity index (χ3v) is 4.53. The zero-order chi connectivity index (χ0) is 14.0. The monoisotopic (exact) mass is 299 g/mol. The van der Waals surface area contributed by atoms with E-state index in [0.717, 1.165) is 10.1 Å². The SMILES string of the molecule is CC(CO)(CO)NC(=O)c1sc2ccccc2c1Cl. The van der Waals surface area contributed by atoms with E-state index in [4.69, 9.17) is 11.6 Å². The van der Waals surface area contributed by atoms with Gasteiger partial charge in [0.05, 0.1) is 23.8 Å². The molecule has 0 spiro atoms. The standard InChI is InChI=1S/C13H14ClNO3S/c1-13(6-16,7-17)15-12(18)11-10(14)8-4-2-3-5-9(8)19-11/h2-5,16-17H,6-7H2,1H3,(H,15,18). The summed E-state index contributed by atoms with van der Waals surface area (Å²) in [7, 11) is 0. The molecule has 2 aromatic rings. The van der Waals surface area contributed by atoms with Crippen LogP contribution in [0.5, 0.6) is 0 Å². The fourth-order valence-electron chi connectivity index (χ4n) is 1.62. The molecule has 1 heterocycles. The number of aliphatic hydroxyl groups is 2. The molecule has 2 rings (SSSR count). The van der Waals surface area contributed by atoms with Gasteiger partial charge in [-0.05, 0) is 13.0 Å². The lowest BCUT2D eigenvalue weighted by molar-refractivity contribution is 0.0727. The minimum Gasteiger partial charge on any atom is -0.394 e. The Labute approximate surface area is 119 Å². The Kier molecular flexibility index (Phi) is 4.10. The van der Waals surface area contributed by atoms with Crippen molar-refractivity contribution in [2.24, 2.45) is 0 Å². The fraction of sp³-hybridized carbons (Fsp3) is 0.308. The average Bonchev–Trinajstić information content (AvgIpc) is 2.76. The van der Waals surface area contributed by atoms with Crippen LogP contribution in [0.25, 0.3) is 10.1 Å². The van der Waals surface area contributed by atoms with Gasteiger partial charge in [0.2, 0.25) is 0 Å². The lowest BCUT2D eigenvalue weighted by Gasteiger charge is -2.25. The predicted molar refractivity (Wildman–Crippen MR) is 76.9 cm³/mol. The van der Waals surface area contributed by atoms with Crippen LogP contribution in [0.2, 0.25) is 5.02 Å². The number of carbonyl (C=O) groups is 1. The van der Waals surface area contributed by atoms with Crippen LogP contribution >= 0.6 is 22.9 Å². The van der Waals surface area contributed by atoms with Crippen molar-refractivity contribution in [1.29, 1.82) is 0 Å². The number of hydrogen-bond acceptors (Lipinski definition) is 4. The third kappa shape index (κ3) is 2.74. The Hall–Kier alpha value is -1.14. The van der Waals surface area contributed by atoms with E-state index in [9.17, 15) is 15.0 Å². The minimum absolute atomic E-state index is 0.349. The number of hydrogen-bond donors (Lipinski definition) is 3. The van der Waals surface area contributed by atoms with Crippen molar-refractivity contribution in [2.75, 3.05) is 13.2 Å². The topological polar surface area (TPSA) is 69.6 Å². The second-order valence-electron chi connectivity index (χ2n) is 4.57. The van der Waals surface area contributed by atoms with Crippen LogP contribution in [0, 0.1) is 0 Å². The quantitative estimate of drug-likeness (QED) is 0.809. The van der Waals surface area contributed by atoms with Gasteiger partial charge in [0.15, 0.2) is 0 Å². The number of thiophene rings is 1. The summed E-state index contributed by atoms with van der Waals surface area (Å²) >= 11 is 7.48. The number of rotatable bonds is 4. The number of amides is 1. The van der Waals surface area contributed by atoms with E-state index in [1.807, 2.05) is 24.3 Å². The van der Waals surface area contributed by atoms with Gasteiger partial charge in [-0.25, -0.2) is 0 Å². The molecule has 0 aliphatic heterocycles. The zero-order valence-electron chi connectivity index (χ0n) is 10.3. The van der Waals surface area contributed by atoms with E-state index in [0.29, 0.717) is 9.90 Å². The number of benzene rings is 1. The van der Waals surface area contributed by atoms with Crippen molar-refractivity contribution in [1.82, 2.24) is 5.32 Å². The van der Waals surface area contributed by atoms with E-state index >= 15 is 0 Å². The van der Waals surface area contributed by atoms with Gasteiger partial charge in [-0.3, -0.25) is 4.79 Å². The molecule has 0 unspecified atom stereocenters. The predicted octanol–water partition coefficient (Wildman–Crippen LogP) is 2.03. The molecule has 0 aliphatic carbocycles. The number of aliphatic hydroxyl groups excluding tert-OH is 2. The van der Waals surface area contributed by atoms with Crippen molar-refractivity contribution in [2.45, 2.75) is 12.5 Å². The van der Waals surface area contributed by atoms with Crippen molar-refractivity contribution in [3.05, 3.63) is 34.2 Å². The fourth-order valence-corrected chi connectivity index (χ4v) is 3.03. The normalized spacial score (nSPS) is 11.8. The minimum atomic E-state index is -1.06. The summed E-state index contributed by atoms with van der Waals surface area (Å²) in [6.07, 6.45) is 0. The molecule has 3 N–H and O–H groups in total. The molecule has 0 fully saturated rings. The highest BCUT2D eigenvalue weighted by molar-refractivity contribution is 7.21. The van der Waals surface area contributed by atoms with E-state index < -0.39 is 11.4 Å². The molecule has 0 saturated heterocycles. The van der Waals surface area contributed by atoms with Crippen LogP contribution in [0.1, 0.15) is 16.6 Å². The molecule has 0 saturated carbocycles. The summed E-state index contributed by atoms with van der Waals surface area (Å²) in [5.74, 6) is -0.392. The van der Waals surface area contributed by atoms with Crippen molar-refractivity contribution < 1.29 is 15.0 Å². The number of halogens is 1. The highest BCUT2D eigenvalue weighted by Crippen LogP contribution is 2.35. The Bertz CT molecular complexity index is 607. The van der Waals surface area contributed by atoms with E-state index in [1.165, 1.54) is 11.3 Å². The first-order valence-electron chi connectivity index (χ1n) is 5.72. The maximum Gasteiger partial charge on any atom is 0.263 e. The molecule has 4 nitrogen and oxygen atoms in total. The van der Waals surface area contributed by atoms with Gasteiger partial charge in [-0.15, -0.1) is 11.3 Å². The smallest absolute Gasteiger partial charge is 0.263 e. The van der Waals surface area contributed by atoms with Gasteiger partial charge in [-0.1, -0.05) is 29.8 Å². The summed E-state index contributed by atoms with van der Waals surface area (Å²) in [6, 6.07) is 7.47. The van der Waals surface area contributed by atoms with E-state index in [2.05, 4.69) is 5.32 Å². The van der Waals surface area contributed by atoms with Gasteiger partial charge in [-0.2, -0.15) is 0 Å². The second-order valence-corrected chi connectivity index (χ2v) is 6.00. The number of nitrogens with one attached hydrogen (secondary N) is 1. The van der Waals surface area contributed by atoms with Gasteiger partial charge >= 0.3 is 0 Å². The number of carbonyl (C=O) groups excluding carboxylic acids is 1. The van der Waals surface area contributed by atoms with Crippen LogP contribution in [0.4, 0.5) is 0 Å². The summed E-state index contributed by atoms with van der Waals surface area (Å²) in [6.45, 7) is 0.863. The van der Waals surface area contributed by atoms with Crippen LogP contribution in [-0.4, -0.2) is 34.9 Å². The lowest BCUT2D eigenvalue weighted by Crippen LogP contribution is -2.51. The van der Waals surface area contributed by atoms with E-state index in [1.54, 1.807) is 6.92 Å². The summed E-state index contributed by atoms with van der Waals surface area (Å²) in [4.78, 5) is 12.5. The molecular weight excluding hydrogens is 286 g/mol. The first-order chi connectivity index (χ1) is 9.00. The van der Waals surface area contributed by atoms with Crippen LogP contribution in [0.15, 0.2) is 24.3 Å². The molecule has 6 heteroatoms. The molecular formula is C13H14ClNO3S. The average molecular weight is 300 g/mol. The second kappa shape index (κ2) is 5.46. The first kappa shape index (κ1) is 14.3. The molecule has 102 valence electrons. The zero-order valence-corrected chi connectivity index (χ0v) is 11.9. The first-order valence-corrected chi connectivity index (χ1v) is 6.91. The number of fused-ring (bicyclic) bond motifs is 1. The van der Waals surface area contributed by atoms with Gasteiger partial charge in [0.1, 0.15) is 4.88 Å². The summed E-state index contributed by atoms with van der Waals surface area (Å²) in [5.41, 5.74) is -1.06. The van der Waals surface area contributed by atoms with Gasteiger partial charge in [0.25, 0.3) is 5.91 Å². The Balaban J connectivity index is 2.34. The Morgan fingerprint density at radius 2 is 2.00 bits per heavy atom. The largest absolute Gasteiger partial charge is 0.394 e. The molecule has 0 aliphatic rings. The van der Waals surface area contributed by atoms with Gasteiger partial charge < -0.3 is 15.5 Å². The van der Waals surface area contributed by atoms with Gasteiger partial charge in [0, 0.05) is 10.1 Å². The van der Waals surface area contributed by atoms with E-state index in [-0.39, 0.29) is 13.2 Å². The maximum atomic E-state index is 12.2. The van der Waals surface area contributed by atoms with Crippen LogP contribution in [-0.2, 0) is 0 Å². The molecule has 0 bridgehead atoms. The van der Waals surface area contributed by atoms with Crippen molar-refractivity contribution in [3.8, 4) is 0 Å². The van der Waals surface area contributed by atoms with Crippen molar-refractivity contribution >= 4 is 38.9 Å². The Morgan fingerprint density at radius 1 is 1.37 bits per heavy atom. The van der Waals surface area contributed by atoms with Crippen LogP contribution in [0.3, 0.4) is 0 Å². The molecule has 1 aromatic heterocycles. The molecule has 0 radical (unpaired) electrons. The molecule has 0 atom stereocenters. The lowest BCUT2D eigenvalue weighted by atomic mass is 10.1. The summed E-state index contributed by atoms with van der Waals surface area (Å²) < 4.78 is 0.923. The van der Waals surface area contributed by atoms with Crippen molar-refractivity contribution in [3.63, 3.8) is 0 Å². The summed E-state index contributed by atoms with van der Waals surface area (Å²) in [5, 5.41) is 22.2.